The van der Waals surface area contributed by atoms with Crippen molar-refractivity contribution in [1.29, 1.82) is 0 Å². The average molecular weight is 651 g/mol. The zero-order valence-electron chi connectivity index (χ0n) is 27.5. The molecule has 0 spiro atoms. The summed E-state index contributed by atoms with van der Waals surface area (Å²) >= 11 is 0. The molecule has 1 amide bonds. The van der Waals surface area contributed by atoms with Gasteiger partial charge in [0.05, 0.1) is 11.7 Å². The first-order valence-electron chi connectivity index (χ1n) is 15.6. The predicted octanol–water partition coefficient (Wildman–Crippen LogP) is 5.61. The van der Waals surface area contributed by atoms with E-state index in [-0.39, 0.29) is 43.5 Å². The predicted molar refractivity (Wildman–Crippen MR) is 174 cm³/mol. The Morgan fingerprint density at radius 2 is 1.72 bits per heavy atom. The molecule has 1 aromatic heterocycles. The van der Waals surface area contributed by atoms with E-state index in [1.165, 1.54) is 10.8 Å². The van der Waals surface area contributed by atoms with Gasteiger partial charge in [0.15, 0.2) is 12.3 Å². The maximum Gasteiger partial charge on any atom is 0.351 e. The molecule has 1 aliphatic heterocycles. The first-order chi connectivity index (χ1) is 22.5. The maximum absolute atomic E-state index is 13.5. The summed E-state index contributed by atoms with van der Waals surface area (Å²) in [6.07, 6.45) is -2.89. The van der Waals surface area contributed by atoms with Gasteiger partial charge in [0.1, 0.15) is 18.5 Å². The number of hydrogen-bond donors (Lipinski definition) is 1. The highest BCUT2D eigenvalue weighted by atomic mass is 31.2. The summed E-state index contributed by atoms with van der Waals surface area (Å²) in [5, 5.41) is 2.68. The van der Waals surface area contributed by atoms with Gasteiger partial charge in [0.2, 0.25) is 6.54 Å². The largest absolute Gasteiger partial charge is 0.451 e. The molecule has 2 aromatic carbocycles. The Kier molecular flexibility index (Phi) is 11.6. The van der Waals surface area contributed by atoms with Crippen LogP contribution >= 0.6 is 8.53 Å². The number of aromatic nitrogens is 2. The lowest BCUT2D eigenvalue weighted by Gasteiger charge is -2.37. The molecule has 2 heterocycles. The zero-order chi connectivity index (χ0) is 34.1. The lowest BCUT2D eigenvalue weighted by molar-refractivity contribution is -0.0489. The molecule has 13 heteroatoms. The lowest BCUT2D eigenvalue weighted by Crippen LogP contribution is -2.41. The molecular weight excluding hydrogens is 609 g/mol. The van der Waals surface area contributed by atoms with Crippen LogP contribution in [0.5, 0.6) is 0 Å². The normalized spacial score (nSPS) is 20.4. The molecule has 1 fully saturated rings. The van der Waals surface area contributed by atoms with Crippen molar-refractivity contribution in [3.63, 3.8) is 0 Å². The van der Waals surface area contributed by atoms with Crippen molar-refractivity contribution in [2.24, 2.45) is 0 Å². The third-order valence-electron chi connectivity index (χ3n) is 7.08. The van der Waals surface area contributed by atoms with Crippen LogP contribution in [0.15, 0.2) is 71.7 Å². The summed E-state index contributed by atoms with van der Waals surface area (Å²) in [6.45, 7) is 16.8. The van der Waals surface area contributed by atoms with Crippen LogP contribution in [0.2, 0.25) is 0 Å². The number of rotatable bonds is 13. The fourth-order valence-electron chi connectivity index (χ4n) is 4.99. The summed E-state index contributed by atoms with van der Waals surface area (Å²) in [7, 11) is -1.82. The highest BCUT2D eigenvalue weighted by Gasteiger charge is 2.50. The van der Waals surface area contributed by atoms with Crippen molar-refractivity contribution in [3.8, 4) is 0 Å². The third-order valence-corrected chi connectivity index (χ3v) is 9.21. The van der Waals surface area contributed by atoms with E-state index in [2.05, 4.69) is 15.1 Å². The smallest absolute Gasteiger partial charge is 0.351 e. The number of anilines is 1. The van der Waals surface area contributed by atoms with Crippen LogP contribution < -0.4 is 11.0 Å². The van der Waals surface area contributed by atoms with Crippen molar-refractivity contribution < 1.29 is 29.5 Å². The molecule has 1 saturated heterocycles. The SMILES string of the molecule is [2H]C[C@H]1O[C@@H](n2cc(C)c(NC(=O)c3ccccc3)nc2=O)C(OC(=O)c2ccccc2)C1OP(OCC[N+]#[C-])N(C(C)C)C(C)C. The number of ether oxygens (including phenoxy) is 2. The zero-order valence-corrected chi connectivity index (χ0v) is 27.4. The molecule has 1 N–H and O–H groups in total. The lowest BCUT2D eigenvalue weighted by atomic mass is 10.1. The average Bonchev–Trinajstić information content (AvgIpc) is 3.39. The van der Waals surface area contributed by atoms with E-state index in [4.69, 9.17) is 26.5 Å². The van der Waals surface area contributed by atoms with E-state index in [0.717, 1.165) is 0 Å². The molecule has 3 unspecified atom stereocenters. The van der Waals surface area contributed by atoms with E-state index in [1.54, 1.807) is 67.6 Å². The first kappa shape index (κ1) is 33.4. The standard InChI is InChI=1S/C33H40N5O7P/c1-21(2)38(22(3)4)46(42-19-18-34-7)45-27-24(6)43-31(28(27)44-32(40)26-16-12-9-13-17-26)37-20-23(5)29(36-33(37)41)35-30(39)25-14-10-8-11-15-25/h8-17,20-22,24,27-28,31H,18-19H2,1-6H3,(H,35,36,39,41)/t24-,27?,28?,31-,46?/m1/s1/i6D. The minimum absolute atomic E-state index is 0.0138. The van der Waals surface area contributed by atoms with Crippen molar-refractivity contribution in [1.82, 2.24) is 14.2 Å². The molecule has 3 aromatic rings. The summed E-state index contributed by atoms with van der Waals surface area (Å²) in [5.74, 6) is -1.03. The second kappa shape index (κ2) is 16.0. The van der Waals surface area contributed by atoms with Gasteiger partial charge in [0, 0.05) is 30.8 Å². The number of hydrogen-bond acceptors (Lipinski definition) is 9. The number of carbonyl (C=O) groups excluding carboxylic acids is 2. The fraction of sp³-hybridized carbons (Fsp3) is 0.424. The second-order valence-corrected chi connectivity index (χ2v) is 12.6. The van der Waals surface area contributed by atoms with Crippen molar-refractivity contribution in [2.45, 2.75) is 78.1 Å². The molecule has 12 nitrogen and oxygen atoms in total. The molecule has 46 heavy (non-hydrogen) atoms. The fourth-order valence-corrected chi connectivity index (χ4v) is 6.75. The van der Waals surface area contributed by atoms with Crippen LogP contribution in [0.25, 0.3) is 4.85 Å². The Morgan fingerprint density at radius 3 is 2.30 bits per heavy atom. The Balaban J connectivity index is 1.72. The van der Waals surface area contributed by atoms with Gasteiger partial charge in [-0.15, -0.1) is 0 Å². The number of benzene rings is 2. The van der Waals surface area contributed by atoms with Crippen LogP contribution in [0.4, 0.5) is 5.82 Å². The minimum Gasteiger partial charge on any atom is -0.451 e. The van der Waals surface area contributed by atoms with Crippen molar-refractivity contribution >= 4 is 26.2 Å². The number of carbonyl (C=O) groups is 2. The minimum atomic E-state index is -1.82. The van der Waals surface area contributed by atoms with E-state index in [0.29, 0.717) is 11.1 Å². The highest BCUT2D eigenvalue weighted by Crippen LogP contribution is 2.50. The van der Waals surface area contributed by atoms with Crippen LogP contribution in [-0.4, -0.2) is 69.6 Å². The maximum atomic E-state index is 13.5. The molecule has 244 valence electrons. The Bertz CT molecular complexity index is 1590. The molecule has 0 aliphatic carbocycles. The second-order valence-electron chi connectivity index (χ2n) is 11.2. The molecule has 0 radical (unpaired) electrons. The number of esters is 1. The monoisotopic (exact) mass is 650 g/mol. The number of aryl methyl sites for hydroxylation is 1. The molecule has 0 saturated carbocycles. The van der Waals surface area contributed by atoms with E-state index in [1.807, 2.05) is 32.4 Å². The van der Waals surface area contributed by atoms with Crippen molar-refractivity contribution in [2.75, 3.05) is 18.5 Å². The number of amides is 1. The van der Waals surface area contributed by atoms with Crippen LogP contribution in [0.1, 0.15) is 68.5 Å². The summed E-state index contributed by atoms with van der Waals surface area (Å²) in [4.78, 5) is 47.2. The van der Waals surface area contributed by atoms with Crippen LogP contribution in [0, 0.1) is 13.5 Å². The molecule has 0 bridgehead atoms. The van der Waals surface area contributed by atoms with Gasteiger partial charge in [-0.25, -0.2) is 20.8 Å². The summed E-state index contributed by atoms with van der Waals surface area (Å²) < 4.78 is 36.5. The Hall–Kier alpha value is -3.98. The van der Waals surface area contributed by atoms with Crippen molar-refractivity contribution in [3.05, 3.63) is 105 Å². The van der Waals surface area contributed by atoms with Crippen LogP contribution in [0.3, 0.4) is 0 Å². The quantitative estimate of drug-likeness (QED) is 0.109. The van der Waals surface area contributed by atoms with E-state index >= 15 is 0 Å². The topological polar surface area (TPSA) is 126 Å². The molecular formula is C33H40N5O7P. The van der Waals surface area contributed by atoms with Crippen LogP contribution in [-0.2, 0) is 18.5 Å². The van der Waals surface area contributed by atoms with Gasteiger partial charge in [-0.1, -0.05) is 36.4 Å². The summed E-state index contributed by atoms with van der Waals surface area (Å²) in [6, 6.07) is 16.9. The molecule has 4 rings (SSSR count). The van der Waals surface area contributed by atoms with E-state index < -0.39 is 50.6 Å². The van der Waals surface area contributed by atoms with Gasteiger partial charge in [0.25, 0.3) is 14.4 Å². The van der Waals surface area contributed by atoms with Gasteiger partial charge in [-0.3, -0.25) is 9.36 Å². The first-order valence-corrected chi connectivity index (χ1v) is 16.1. The molecule has 1 aliphatic rings. The number of nitrogens with zero attached hydrogens (tertiary/aromatic N) is 4. The summed E-state index contributed by atoms with van der Waals surface area (Å²) in [5.41, 5.74) is 0.361. The Morgan fingerprint density at radius 1 is 1.09 bits per heavy atom. The number of nitrogens with one attached hydrogen (secondary N) is 1. The van der Waals surface area contributed by atoms with Gasteiger partial charge >= 0.3 is 11.7 Å². The Labute approximate surface area is 271 Å². The highest BCUT2D eigenvalue weighted by molar-refractivity contribution is 7.44. The van der Waals surface area contributed by atoms with Gasteiger partial charge in [-0.2, -0.15) is 4.98 Å². The van der Waals surface area contributed by atoms with Gasteiger partial charge in [-0.05, 0) is 65.8 Å². The third kappa shape index (κ3) is 8.43. The van der Waals surface area contributed by atoms with Gasteiger partial charge < -0.3 is 28.7 Å². The van der Waals surface area contributed by atoms with E-state index in [9.17, 15) is 14.4 Å². The molecule has 5 atom stereocenters.